The molecule has 6 heteroatoms. The van der Waals surface area contributed by atoms with E-state index in [-0.39, 0.29) is 11.3 Å². The highest BCUT2D eigenvalue weighted by Gasteiger charge is 2.15. The summed E-state index contributed by atoms with van der Waals surface area (Å²) in [6.45, 7) is 1.77. The SMILES string of the molecule is CCc1ccc(C(=O)/C=C/C(=O)O)cc1[N+](=O)[O-]. The fourth-order valence-corrected chi connectivity index (χ4v) is 1.43. The maximum Gasteiger partial charge on any atom is 0.328 e. The Morgan fingerprint density at radius 1 is 1.39 bits per heavy atom. The largest absolute Gasteiger partial charge is 0.478 e. The van der Waals surface area contributed by atoms with Crippen molar-refractivity contribution in [3.05, 3.63) is 51.6 Å². The molecule has 0 spiro atoms. The molecule has 0 bridgehead atoms. The summed E-state index contributed by atoms with van der Waals surface area (Å²) in [5.41, 5.74) is 0.488. The molecule has 0 saturated heterocycles. The van der Waals surface area contributed by atoms with Crippen LogP contribution in [0.3, 0.4) is 0 Å². The molecule has 94 valence electrons. The van der Waals surface area contributed by atoms with E-state index < -0.39 is 16.7 Å². The molecule has 0 saturated carbocycles. The molecule has 0 aromatic heterocycles. The van der Waals surface area contributed by atoms with E-state index in [1.807, 2.05) is 0 Å². The fraction of sp³-hybridized carbons (Fsp3) is 0.167. The predicted octanol–water partition coefficient (Wildman–Crippen LogP) is 1.98. The first kappa shape index (κ1) is 13.6. The average Bonchev–Trinajstić information content (AvgIpc) is 2.34. The van der Waals surface area contributed by atoms with Gasteiger partial charge in [-0.15, -0.1) is 0 Å². The van der Waals surface area contributed by atoms with Crippen molar-refractivity contribution in [3.63, 3.8) is 0 Å². The zero-order valence-electron chi connectivity index (χ0n) is 9.62. The van der Waals surface area contributed by atoms with Crippen LogP contribution in [0.25, 0.3) is 0 Å². The van der Waals surface area contributed by atoms with E-state index in [1.54, 1.807) is 6.92 Å². The summed E-state index contributed by atoms with van der Waals surface area (Å²) in [5, 5.41) is 19.2. The molecular formula is C12H11NO5. The van der Waals surface area contributed by atoms with Crippen LogP contribution in [0.15, 0.2) is 30.4 Å². The van der Waals surface area contributed by atoms with Gasteiger partial charge in [-0.2, -0.15) is 0 Å². The number of hydrogen-bond acceptors (Lipinski definition) is 4. The molecule has 6 nitrogen and oxygen atoms in total. The zero-order chi connectivity index (χ0) is 13.7. The Morgan fingerprint density at radius 3 is 2.56 bits per heavy atom. The first-order chi connectivity index (χ1) is 8.45. The van der Waals surface area contributed by atoms with Crippen LogP contribution < -0.4 is 0 Å². The smallest absolute Gasteiger partial charge is 0.328 e. The molecule has 0 unspecified atom stereocenters. The number of nitro groups is 1. The Balaban J connectivity index is 3.12. The molecule has 1 rings (SSSR count). The van der Waals surface area contributed by atoms with Crippen molar-refractivity contribution in [2.24, 2.45) is 0 Å². The molecule has 0 amide bonds. The lowest BCUT2D eigenvalue weighted by atomic mass is 10.0. The molecule has 0 aliphatic heterocycles. The van der Waals surface area contributed by atoms with Crippen LogP contribution in [-0.4, -0.2) is 21.8 Å². The third-order valence-corrected chi connectivity index (χ3v) is 2.32. The van der Waals surface area contributed by atoms with Crippen molar-refractivity contribution < 1.29 is 19.6 Å². The van der Waals surface area contributed by atoms with Crippen LogP contribution in [-0.2, 0) is 11.2 Å². The minimum Gasteiger partial charge on any atom is -0.478 e. The second-order valence-corrected chi connectivity index (χ2v) is 3.49. The number of nitrogens with zero attached hydrogens (tertiary/aromatic N) is 1. The highest BCUT2D eigenvalue weighted by Crippen LogP contribution is 2.21. The third kappa shape index (κ3) is 3.24. The first-order valence-electron chi connectivity index (χ1n) is 5.18. The van der Waals surface area contributed by atoms with Gasteiger partial charge in [0.15, 0.2) is 5.78 Å². The quantitative estimate of drug-likeness (QED) is 0.372. The number of carbonyl (C=O) groups is 2. The van der Waals surface area contributed by atoms with Gasteiger partial charge in [-0.05, 0) is 12.5 Å². The minimum absolute atomic E-state index is 0.0939. The van der Waals surface area contributed by atoms with Crippen molar-refractivity contribution in [1.29, 1.82) is 0 Å². The van der Waals surface area contributed by atoms with Gasteiger partial charge in [-0.1, -0.05) is 19.1 Å². The standard InChI is InChI=1S/C12H11NO5/c1-2-8-3-4-9(7-10(8)13(17)18)11(14)5-6-12(15)16/h3-7H,2H2,1H3,(H,15,16)/b6-5+. The van der Waals surface area contributed by atoms with E-state index in [1.165, 1.54) is 12.1 Å². The number of benzene rings is 1. The minimum atomic E-state index is -1.25. The molecule has 0 aliphatic carbocycles. The van der Waals surface area contributed by atoms with Gasteiger partial charge in [-0.3, -0.25) is 14.9 Å². The lowest BCUT2D eigenvalue weighted by Gasteiger charge is -2.01. The molecule has 0 fully saturated rings. The van der Waals surface area contributed by atoms with Gasteiger partial charge < -0.3 is 5.11 Å². The van der Waals surface area contributed by atoms with E-state index >= 15 is 0 Å². The maximum atomic E-state index is 11.6. The van der Waals surface area contributed by atoms with E-state index in [2.05, 4.69) is 0 Å². The van der Waals surface area contributed by atoms with Crippen molar-refractivity contribution in [1.82, 2.24) is 0 Å². The van der Waals surface area contributed by atoms with Crippen LogP contribution >= 0.6 is 0 Å². The number of carboxylic acid groups (broad SMARTS) is 1. The molecule has 1 N–H and O–H groups in total. The van der Waals surface area contributed by atoms with Gasteiger partial charge in [-0.25, -0.2) is 4.79 Å². The van der Waals surface area contributed by atoms with Crippen molar-refractivity contribution in [2.75, 3.05) is 0 Å². The number of aliphatic carboxylic acids is 1. The van der Waals surface area contributed by atoms with Crippen molar-refractivity contribution >= 4 is 17.4 Å². The number of rotatable bonds is 5. The Hall–Kier alpha value is -2.50. The number of aryl methyl sites for hydroxylation is 1. The second kappa shape index (κ2) is 5.72. The molecule has 1 aromatic carbocycles. The van der Waals surface area contributed by atoms with Gasteiger partial charge in [0.25, 0.3) is 5.69 Å². The third-order valence-electron chi connectivity index (χ3n) is 2.32. The molecule has 18 heavy (non-hydrogen) atoms. The van der Waals surface area contributed by atoms with Gasteiger partial charge in [0.05, 0.1) is 4.92 Å². The number of allylic oxidation sites excluding steroid dienone is 1. The molecule has 1 aromatic rings. The first-order valence-corrected chi connectivity index (χ1v) is 5.18. The Kier molecular flexibility index (Phi) is 4.31. The van der Waals surface area contributed by atoms with Gasteiger partial charge in [0.2, 0.25) is 0 Å². The van der Waals surface area contributed by atoms with Gasteiger partial charge in [0.1, 0.15) is 0 Å². The van der Waals surface area contributed by atoms with Crippen LogP contribution in [0.5, 0.6) is 0 Å². The number of hydrogen-bond donors (Lipinski definition) is 1. The van der Waals surface area contributed by atoms with Crippen LogP contribution in [0.1, 0.15) is 22.8 Å². The number of carbonyl (C=O) groups excluding carboxylic acids is 1. The van der Waals surface area contributed by atoms with Gasteiger partial charge in [0, 0.05) is 23.3 Å². The van der Waals surface area contributed by atoms with Crippen LogP contribution in [0.2, 0.25) is 0 Å². The Labute approximate surface area is 103 Å². The van der Waals surface area contributed by atoms with Crippen LogP contribution in [0, 0.1) is 10.1 Å². The lowest BCUT2D eigenvalue weighted by molar-refractivity contribution is -0.385. The summed E-state index contributed by atoms with van der Waals surface area (Å²) >= 11 is 0. The number of carboxylic acids is 1. The molecule has 0 atom stereocenters. The number of ketones is 1. The molecule has 0 heterocycles. The van der Waals surface area contributed by atoms with E-state index in [0.717, 1.165) is 12.1 Å². The van der Waals surface area contributed by atoms with E-state index in [9.17, 15) is 19.7 Å². The van der Waals surface area contributed by atoms with E-state index in [0.29, 0.717) is 18.1 Å². The van der Waals surface area contributed by atoms with Crippen LogP contribution in [0.4, 0.5) is 5.69 Å². The summed E-state index contributed by atoms with van der Waals surface area (Å²) in [5.74, 6) is -1.83. The Bertz CT molecular complexity index is 533. The summed E-state index contributed by atoms with van der Waals surface area (Å²) in [6.07, 6.45) is 2.05. The summed E-state index contributed by atoms with van der Waals surface area (Å²) in [4.78, 5) is 32.1. The van der Waals surface area contributed by atoms with Gasteiger partial charge >= 0.3 is 5.97 Å². The van der Waals surface area contributed by atoms with Crippen molar-refractivity contribution in [2.45, 2.75) is 13.3 Å². The Morgan fingerprint density at radius 2 is 2.06 bits per heavy atom. The summed E-state index contributed by atoms with van der Waals surface area (Å²) in [6, 6.07) is 4.10. The fourth-order valence-electron chi connectivity index (χ4n) is 1.43. The molecule has 0 aliphatic rings. The predicted molar refractivity (Wildman–Crippen MR) is 63.6 cm³/mol. The highest BCUT2D eigenvalue weighted by molar-refractivity contribution is 6.07. The second-order valence-electron chi connectivity index (χ2n) is 3.49. The monoisotopic (exact) mass is 249 g/mol. The average molecular weight is 249 g/mol. The molecular weight excluding hydrogens is 238 g/mol. The maximum absolute atomic E-state index is 11.6. The van der Waals surface area contributed by atoms with Crippen molar-refractivity contribution in [3.8, 4) is 0 Å². The molecule has 0 radical (unpaired) electrons. The summed E-state index contributed by atoms with van der Waals surface area (Å²) < 4.78 is 0. The number of nitro benzene ring substituents is 1. The summed E-state index contributed by atoms with van der Waals surface area (Å²) in [7, 11) is 0. The zero-order valence-corrected chi connectivity index (χ0v) is 9.62. The topological polar surface area (TPSA) is 97.5 Å². The highest BCUT2D eigenvalue weighted by atomic mass is 16.6. The van der Waals surface area contributed by atoms with E-state index in [4.69, 9.17) is 5.11 Å². The lowest BCUT2D eigenvalue weighted by Crippen LogP contribution is -2.01. The normalized spacial score (nSPS) is 10.5.